The van der Waals surface area contributed by atoms with Crippen LogP contribution in [-0.2, 0) is 4.79 Å². The third kappa shape index (κ3) is 4.29. The molecule has 3 aliphatic rings. The molecule has 1 aromatic heterocycles. The number of benzene rings is 1. The van der Waals surface area contributed by atoms with E-state index in [0.29, 0.717) is 12.0 Å². The van der Waals surface area contributed by atoms with Gasteiger partial charge in [-0.15, -0.1) is 10.2 Å². The summed E-state index contributed by atoms with van der Waals surface area (Å²) in [5, 5.41) is 12.6. The molecule has 154 valence electrons. The zero-order chi connectivity index (χ0) is 19.8. The van der Waals surface area contributed by atoms with Crippen molar-refractivity contribution in [2.45, 2.75) is 74.2 Å². The number of carbonyl (C=O) groups is 1. The van der Waals surface area contributed by atoms with Crippen molar-refractivity contribution in [1.82, 2.24) is 14.8 Å². The van der Waals surface area contributed by atoms with Crippen LogP contribution in [0.3, 0.4) is 0 Å². The molecule has 1 unspecified atom stereocenters. The van der Waals surface area contributed by atoms with Crippen molar-refractivity contribution < 1.29 is 4.79 Å². The van der Waals surface area contributed by atoms with E-state index in [1.54, 1.807) is 0 Å². The van der Waals surface area contributed by atoms with E-state index >= 15 is 0 Å². The van der Waals surface area contributed by atoms with E-state index in [4.69, 9.17) is 0 Å². The fraction of sp³-hybridized carbons (Fsp3) is 0.591. The molecule has 6 nitrogen and oxygen atoms in total. The van der Waals surface area contributed by atoms with E-state index in [-0.39, 0.29) is 11.2 Å². The molecule has 5 rings (SSSR count). The first-order valence-electron chi connectivity index (χ1n) is 11.0. The molecule has 0 spiro atoms. The lowest BCUT2D eigenvalue weighted by Gasteiger charge is -2.28. The number of nitrogens with one attached hydrogen (secondary N) is 1. The predicted octanol–water partition coefficient (Wildman–Crippen LogP) is 4.60. The smallest absolute Gasteiger partial charge is 0.237 e. The summed E-state index contributed by atoms with van der Waals surface area (Å²) in [5.41, 5.74) is 2.10. The van der Waals surface area contributed by atoms with Crippen molar-refractivity contribution in [3.63, 3.8) is 0 Å². The number of piperidine rings is 1. The zero-order valence-electron chi connectivity index (χ0n) is 17.0. The lowest BCUT2D eigenvalue weighted by molar-refractivity contribution is -0.115. The van der Waals surface area contributed by atoms with E-state index in [9.17, 15) is 4.79 Å². The fourth-order valence-electron chi connectivity index (χ4n) is 4.03. The summed E-state index contributed by atoms with van der Waals surface area (Å²) in [6.07, 6.45) is 8.71. The number of rotatable bonds is 7. The molecule has 2 saturated carbocycles. The number of carbonyl (C=O) groups excluding carboxylic acids is 1. The van der Waals surface area contributed by atoms with Crippen molar-refractivity contribution in [2.24, 2.45) is 0 Å². The minimum atomic E-state index is -0.217. The maximum Gasteiger partial charge on any atom is 0.237 e. The van der Waals surface area contributed by atoms with Crippen LogP contribution >= 0.6 is 11.8 Å². The van der Waals surface area contributed by atoms with Crippen LogP contribution in [0, 0.1) is 0 Å². The van der Waals surface area contributed by atoms with E-state index in [1.165, 1.54) is 62.4 Å². The Hall–Kier alpha value is -2.02. The van der Waals surface area contributed by atoms with Crippen LogP contribution < -0.4 is 10.2 Å². The molecular weight excluding hydrogens is 382 g/mol. The summed E-state index contributed by atoms with van der Waals surface area (Å²) in [4.78, 5) is 15.2. The second-order valence-electron chi connectivity index (χ2n) is 8.56. The van der Waals surface area contributed by atoms with Crippen molar-refractivity contribution in [3.05, 3.63) is 30.1 Å². The Morgan fingerprint density at radius 2 is 1.79 bits per heavy atom. The topological polar surface area (TPSA) is 63.1 Å². The maximum absolute atomic E-state index is 12.8. The van der Waals surface area contributed by atoms with Crippen LogP contribution in [0.4, 0.5) is 11.4 Å². The van der Waals surface area contributed by atoms with Gasteiger partial charge in [-0.05, 0) is 76.1 Å². The molecule has 1 aromatic carbocycles. The molecule has 1 N–H and O–H groups in total. The van der Waals surface area contributed by atoms with Gasteiger partial charge in [0.15, 0.2) is 5.16 Å². The largest absolute Gasteiger partial charge is 0.372 e. The first-order chi connectivity index (χ1) is 14.2. The Labute approximate surface area is 176 Å². The molecule has 1 atom stereocenters. The summed E-state index contributed by atoms with van der Waals surface area (Å²) in [7, 11) is 0. The molecule has 3 fully saturated rings. The summed E-state index contributed by atoms with van der Waals surface area (Å²) in [6.45, 7) is 4.21. The number of hydrogen-bond acceptors (Lipinski definition) is 5. The summed E-state index contributed by atoms with van der Waals surface area (Å²) in [5.74, 6) is 1.73. The van der Waals surface area contributed by atoms with Crippen molar-refractivity contribution in [3.8, 4) is 0 Å². The van der Waals surface area contributed by atoms with Gasteiger partial charge in [-0.3, -0.25) is 4.79 Å². The second-order valence-corrected chi connectivity index (χ2v) is 9.87. The molecule has 1 amide bonds. The highest BCUT2D eigenvalue weighted by Crippen LogP contribution is 2.46. The standard InChI is InChI=1S/C22H29N5OS/c1-15(29-22-25-24-20(16-5-6-16)27(22)19-11-12-19)21(28)23-17-7-9-18(10-8-17)26-13-3-2-4-14-26/h7-10,15-16,19H,2-6,11-14H2,1H3,(H,23,28). The van der Waals surface area contributed by atoms with Gasteiger partial charge in [0, 0.05) is 36.4 Å². The molecule has 0 bridgehead atoms. The molecule has 1 aliphatic heterocycles. The van der Waals surface area contributed by atoms with E-state index in [2.05, 4.69) is 37.1 Å². The number of anilines is 2. The van der Waals surface area contributed by atoms with Crippen LogP contribution in [-0.4, -0.2) is 39.0 Å². The van der Waals surface area contributed by atoms with Crippen molar-refractivity contribution in [1.29, 1.82) is 0 Å². The third-order valence-electron chi connectivity index (χ3n) is 6.05. The van der Waals surface area contributed by atoms with E-state index in [1.807, 2.05) is 19.1 Å². The lowest BCUT2D eigenvalue weighted by atomic mass is 10.1. The van der Waals surface area contributed by atoms with Crippen LogP contribution in [0.2, 0.25) is 0 Å². The summed E-state index contributed by atoms with van der Waals surface area (Å²) in [6, 6.07) is 8.80. The minimum Gasteiger partial charge on any atom is -0.372 e. The van der Waals surface area contributed by atoms with Crippen molar-refractivity contribution >= 4 is 29.0 Å². The predicted molar refractivity (Wildman–Crippen MR) is 117 cm³/mol. The highest BCUT2D eigenvalue weighted by Gasteiger charge is 2.37. The molecule has 2 aromatic rings. The Bertz CT molecular complexity index is 866. The molecule has 7 heteroatoms. The van der Waals surface area contributed by atoms with Gasteiger partial charge in [-0.2, -0.15) is 0 Å². The van der Waals surface area contributed by atoms with Crippen LogP contribution in [0.1, 0.15) is 69.7 Å². The fourth-order valence-corrected chi connectivity index (χ4v) is 4.95. The quantitative estimate of drug-likeness (QED) is 0.675. The molecule has 2 aliphatic carbocycles. The average molecular weight is 412 g/mol. The lowest BCUT2D eigenvalue weighted by Crippen LogP contribution is -2.29. The summed E-state index contributed by atoms with van der Waals surface area (Å²) >= 11 is 1.53. The maximum atomic E-state index is 12.8. The SMILES string of the molecule is CC(Sc1nnc(C2CC2)n1C1CC1)C(=O)Nc1ccc(N2CCCCC2)cc1. The second kappa shape index (κ2) is 8.01. The first kappa shape index (κ1) is 19.0. The van der Waals surface area contributed by atoms with Gasteiger partial charge in [-0.1, -0.05) is 11.8 Å². The average Bonchev–Trinajstić information content (AvgIpc) is 3.68. The van der Waals surface area contributed by atoms with Gasteiger partial charge in [0.2, 0.25) is 5.91 Å². The highest BCUT2D eigenvalue weighted by molar-refractivity contribution is 8.00. The van der Waals surface area contributed by atoms with Gasteiger partial charge in [0.1, 0.15) is 5.82 Å². The Morgan fingerprint density at radius 3 is 2.45 bits per heavy atom. The van der Waals surface area contributed by atoms with Crippen LogP contribution in [0.15, 0.2) is 29.4 Å². The van der Waals surface area contributed by atoms with Crippen LogP contribution in [0.5, 0.6) is 0 Å². The monoisotopic (exact) mass is 411 g/mol. The Balaban J connectivity index is 1.21. The third-order valence-corrected chi connectivity index (χ3v) is 7.11. The van der Waals surface area contributed by atoms with Gasteiger partial charge in [0.25, 0.3) is 0 Å². The number of aromatic nitrogens is 3. The summed E-state index contributed by atoms with van der Waals surface area (Å²) < 4.78 is 2.31. The molecule has 29 heavy (non-hydrogen) atoms. The molecule has 2 heterocycles. The van der Waals surface area contributed by atoms with E-state index in [0.717, 1.165) is 29.8 Å². The zero-order valence-corrected chi connectivity index (χ0v) is 17.8. The Kier molecular flexibility index (Phi) is 5.24. The van der Waals surface area contributed by atoms with Gasteiger partial charge < -0.3 is 14.8 Å². The normalized spacial score (nSPS) is 20.5. The number of nitrogens with zero attached hydrogens (tertiary/aromatic N) is 4. The first-order valence-corrected chi connectivity index (χ1v) is 11.8. The van der Waals surface area contributed by atoms with Gasteiger partial charge in [0.05, 0.1) is 5.25 Å². The molecular formula is C22H29N5OS. The number of thioether (sulfide) groups is 1. The number of amides is 1. The number of hydrogen-bond donors (Lipinski definition) is 1. The minimum absolute atomic E-state index is 0.0130. The Morgan fingerprint density at radius 1 is 1.07 bits per heavy atom. The van der Waals surface area contributed by atoms with E-state index < -0.39 is 0 Å². The van der Waals surface area contributed by atoms with Crippen molar-refractivity contribution in [2.75, 3.05) is 23.3 Å². The van der Waals surface area contributed by atoms with Gasteiger partial charge >= 0.3 is 0 Å². The van der Waals surface area contributed by atoms with Gasteiger partial charge in [-0.25, -0.2) is 0 Å². The molecule has 0 radical (unpaired) electrons. The highest BCUT2D eigenvalue weighted by atomic mass is 32.2. The van der Waals surface area contributed by atoms with Crippen LogP contribution in [0.25, 0.3) is 0 Å². The molecule has 1 saturated heterocycles.